The number of unbranched alkanes of at least 4 members (excludes halogenated alkanes) is 1. The molecule has 0 fully saturated rings. The third-order valence-electron chi connectivity index (χ3n) is 2.86. The number of nitrogens with zero attached hydrogens (tertiary/aromatic N) is 1. The zero-order chi connectivity index (χ0) is 16.0. The van der Waals surface area contributed by atoms with Crippen molar-refractivity contribution >= 4 is 29.2 Å². The van der Waals surface area contributed by atoms with Crippen LogP contribution in [0.25, 0.3) is 0 Å². The summed E-state index contributed by atoms with van der Waals surface area (Å²) in [6, 6.07) is 2.50. The number of nitro groups is 1. The van der Waals surface area contributed by atoms with E-state index in [1.807, 2.05) is 6.92 Å². The van der Waals surface area contributed by atoms with Gasteiger partial charge < -0.3 is 10.4 Å². The van der Waals surface area contributed by atoms with Gasteiger partial charge >= 0.3 is 5.97 Å². The summed E-state index contributed by atoms with van der Waals surface area (Å²) >= 11 is 5.71. The molecule has 21 heavy (non-hydrogen) atoms. The van der Waals surface area contributed by atoms with Crippen LogP contribution in [0.3, 0.4) is 0 Å². The summed E-state index contributed by atoms with van der Waals surface area (Å²) in [6.45, 7) is 1.91. The Labute approximate surface area is 126 Å². The van der Waals surface area contributed by atoms with Crippen LogP contribution in [0.2, 0.25) is 5.02 Å². The second-order valence-corrected chi connectivity index (χ2v) is 4.84. The number of benzene rings is 1. The summed E-state index contributed by atoms with van der Waals surface area (Å²) < 4.78 is 0. The van der Waals surface area contributed by atoms with E-state index in [-0.39, 0.29) is 16.3 Å². The number of carboxylic acids is 1. The highest BCUT2D eigenvalue weighted by molar-refractivity contribution is 6.33. The molecule has 0 aliphatic carbocycles. The van der Waals surface area contributed by atoms with Gasteiger partial charge in [0.1, 0.15) is 11.1 Å². The van der Waals surface area contributed by atoms with Crippen LogP contribution in [-0.4, -0.2) is 27.9 Å². The molecular formula is C13H15ClN2O5. The SMILES string of the molecule is CCCCC(NC(=O)c1ccc([N+](=O)[O-])c(Cl)c1)C(=O)O. The predicted molar refractivity (Wildman–Crippen MR) is 76.5 cm³/mol. The molecule has 8 heteroatoms. The van der Waals surface area contributed by atoms with Gasteiger partial charge in [0.2, 0.25) is 0 Å². The number of rotatable bonds is 7. The summed E-state index contributed by atoms with van der Waals surface area (Å²) in [6.07, 6.45) is 1.79. The van der Waals surface area contributed by atoms with Crippen LogP contribution in [0.5, 0.6) is 0 Å². The van der Waals surface area contributed by atoms with Gasteiger partial charge in [0.05, 0.1) is 4.92 Å². The third-order valence-corrected chi connectivity index (χ3v) is 3.16. The fourth-order valence-electron chi connectivity index (χ4n) is 1.70. The first-order chi connectivity index (χ1) is 9.86. The van der Waals surface area contributed by atoms with E-state index in [4.69, 9.17) is 16.7 Å². The number of carboxylic acid groups (broad SMARTS) is 1. The molecule has 0 saturated carbocycles. The quantitative estimate of drug-likeness (QED) is 0.594. The summed E-state index contributed by atoms with van der Waals surface area (Å²) in [5, 5.41) is 21.9. The fourth-order valence-corrected chi connectivity index (χ4v) is 1.95. The van der Waals surface area contributed by atoms with E-state index < -0.39 is 22.8 Å². The maximum Gasteiger partial charge on any atom is 0.326 e. The van der Waals surface area contributed by atoms with Gasteiger partial charge in [0.15, 0.2) is 0 Å². The first-order valence-electron chi connectivity index (χ1n) is 6.34. The summed E-state index contributed by atoms with van der Waals surface area (Å²) in [7, 11) is 0. The molecule has 1 rings (SSSR count). The Kier molecular flexibility index (Phi) is 6.10. The van der Waals surface area contributed by atoms with E-state index in [1.165, 1.54) is 6.07 Å². The summed E-state index contributed by atoms with van der Waals surface area (Å²) in [5.41, 5.74) is -0.234. The molecule has 7 nitrogen and oxygen atoms in total. The molecule has 0 radical (unpaired) electrons. The Hall–Kier alpha value is -2.15. The molecule has 1 atom stereocenters. The van der Waals surface area contributed by atoms with E-state index in [0.29, 0.717) is 12.8 Å². The van der Waals surface area contributed by atoms with Crippen molar-refractivity contribution < 1.29 is 19.6 Å². The van der Waals surface area contributed by atoms with Crippen LogP contribution in [0, 0.1) is 10.1 Å². The number of hydrogen-bond donors (Lipinski definition) is 2. The monoisotopic (exact) mass is 314 g/mol. The minimum atomic E-state index is -1.12. The van der Waals surface area contributed by atoms with Crippen molar-refractivity contribution in [3.63, 3.8) is 0 Å². The third kappa shape index (κ3) is 4.71. The van der Waals surface area contributed by atoms with Crippen LogP contribution >= 0.6 is 11.6 Å². The van der Waals surface area contributed by atoms with Crippen molar-refractivity contribution in [1.29, 1.82) is 0 Å². The van der Waals surface area contributed by atoms with Crippen molar-refractivity contribution in [2.24, 2.45) is 0 Å². The van der Waals surface area contributed by atoms with Gasteiger partial charge in [-0.2, -0.15) is 0 Å². The minimum absolute atomic E-state index is 0.0772. The van der Waals surface area contributed by atoms with Gasteiger partial charge in [-0.05, 0) is 18.6 Å². The lowest BCUT2D eigenvalue weighted by atomic mass is 10.1. The van der Waals surface area contributed by atoms with E-state index in [9.17, 15) is 19.7 Å². The van der Waals surface area contributed by atoms with Crippen molar-refractivity contribution in [2.75, 3.05) is 0 Å². The molecule has 0 spiro atoms. The zero-order valence-electron chi connectivity index (χ0n) is 11.3. The second kappa shape index (κ2) is 7.58. The molecule has 114 valence electrons. The van der Waals surface area contributed by atoms with Crippen LogP contribution in [0.1, 0.15) is 36.5 Å². The molecule has 0 heterocycles. The van der Waals surface area contributed by atoms with Crippen molar-refractivity contribution in [3.05, 3.63) is 38.9 Å². The van der Waals surface area contributed by atoms with Crippen LogP contribution < -0.4 is 5.32 Å². The van der Waals surface area contributed by atoms with Crippen LogP contribution in [-0.2, 0) is 4.79 Å². The topological polar surface area (TPSA) is 110 Å². The van der Waals surface area contributed by atoms with Gasteiger partial charge in [-0.1, -0.05) is 31.4 Å². The van der Waals surface area contributed by atoms with E-state index in [2.05, 4.69) is 5.32 Å². The van der Waals surface area contributed by atoms with Gasteiger partial charge in [-0.15, -0.1) is 0 Å². The second-order valence-electron chi connectivity index (χ2n) is 4.43. The lowest BCUT2D eigenvalue weighted by Gasteiger charge is -2.14. The molecule has 2 N–H and O–H groups in total. The smallest absolute Gasteiger partial charge is 0.326 e. The maximum absolute atomic E-state index is 12.0. The highest BCUT2D eigenvalue weighted by Crippen LogP contribution is 2.25. The van der Waals surface area contributed by atoms with Crippen molar-refractivity contribution in [1.82, 2.24) is 5.32 Å². The predicted octanol–water partition coefficient (Wildman–Crippen LogP) is 2.62. The minimum Gasteiger partial charge on any atom is -0.480 e. The largest absolute Gasteiger partial charge is 0.480 e. The van der Waals surface area contributed by atoms with Crippen LogP contribution in [0.15, 0.2) is 18.2 Å². The molecule has 0 aliphatic rings. The molecule has 1 unspecified atom stereocenters. The molecule has 1 aromatic carbocycles. The molecule has 0 bridgehead atoms. The zero-order valence-corrected chi connectivity index (χ0v) is 12.1. The number of carbonyl (C=O) groups excluding carboxylic acids is 1. The summed E-state index contributed by atoms with van der Waals surface area (Å²) in [4.78, 5) is 33.0. The van der Waals surface area contributed by atoms with E-state index >= 15 is 0 Å². The first-order valence-corrected chi connectivity index (χ1v) is 6.72. The number of amides is 1. The number of carbonyl (C=O) groups is 2. The Morgan fingerprint density at radius 1 is 1.48 bits per heavy atom. The maximum atomic E-state index is 12.0. The van der Waals surface area contributed by atoms with Gasteiger partial charge in [-0.25, -0.2) is 4.79 Å². The summed E-state index contributed by atoms with van der Waals surface area (Å²) in [5.74, 6) is -1.75. The van der Waals surface area contributed by atoms with E-state index in [0.717, 1.165) is 18.6 Å². The number of aliphatic carboxylic acids is 1. The lowest BCUT2D eigenvalue weighted by molar-refractivity contribution is -0.384. The number of halogens is 1. The Bertz CT molecular complexity index is 561. The first kappa shape index (κ1) is 16.9. The fraction of sp³-hybridized carbons (Fsp3) is 0.385. The Balaban J connectivity index is 2.85. The molecule has 1 aromatic rings. The van der Waals surface area contributed by atoms with Crippen molar-refractivity contribution in [3.8, 4) is 0 Å². The molecule has 0 saturated heterocycles. The van der Waals surface area contributed by atoms with Gasteiger partial charge in [0, 0.05) is 11.6 Å². The lowest BCUT2D eigenvalue weighted by Crippen LogP contribution is -2.40. The molecular weight excluding hydrogens is 300 g/mol. The van der Waals surface area contributed by atoms with Gasteiger partial charge in [0.25, 0.3) is 11.6 Å². The number of nitro benzene ring substituents is 1. The number of nitrogens with one attached hydrogen (secondary N) is 1. The normalized spacial score (nSPS) is 11.7. The highest BCUT2D eigenvalue weighted by atomic mass is 35.5. The molecule has 0 aliphatic heterocycles. The van der Waals surface area contributed by atoms with E-state index in [1.54, 1.807) is 0 Å². The van der Waals surface area contributed by atoms with Crippen molar-refractivity contribution in [2.45, 2.75) is 32.2 Å². The average Bonchev–Trinajstić information content (AvgIpc) is 2.42. The van der Waals surface area contributed by atoms with Crippen LogP contribution in [0.4, 0.5) is 5.69 Å². The standard InChI is InChI=1S/C13H15ClN2O5/c1-2-3-4-10(13(18)19)15-12(17)8-5-6-11(16(20)21)9(14)7-8/h5-7,10H,2-4H2,1H3,(H,15,17)(H,18,19). The van der Waals surface area contributed by atoms with Gasteiger partial charge in [-0.3, -0.25) is 14.9 Å². The average molecular weight is 315 g/mol. The Morgan fingerprint density at radius 2 is 2.14 bits per heavy atom. The highest BCUT2D eigenvalue weighted by Gasteiger charge is 2.21. The molecule has 0 aromatic heterocycles. The number of hydrogen-bond acceptors (Lipinski definition) is 4. The Morgan fingerprint density at radius 3 is 2.62 bits per heavy atom. The molecule has 1 amide bonds.